The van der Waals surface area contributed by atoms with Crippen LogP contribution in [0, 0.1) is 5.92 Å². The van der Waals surface area contributed by atoms with Crippen LogP contribution in [0.15, 0.2) is 35.5 Å². The van der Waals surface area contributed by atoms with Crippen molar-refractivity contribution >= 4 is 44.0 Å². The topological polar surface area (TPSA) is 106 Å². The predicted octanol–water partition coefficient (Wildman–Crippen LogP) is 3.71. The molecule has 1 aromatic carbocycles. The van der Waals surface area contributed by atoms with Crippen LogP contribution in [-0.2, 0) is 31.2 Å². The smallest absolute Gasteiger partial charge is 0.233 e. The molecule has 7 nitrogen and oxygen atoms in total. The van der Waals surface area contributed by atoms with Crippen molar-refractivity contribution in [1.82, 2.24) is 9.97 Å². The molecule has 0 radical (unpaired) electrons. The highest BCUT2D eigenvalue weighted by molar-refractivity contribution is 7.90. The molecule has 1 aliphatic rings. The fourth-order valence-electron chi connectivity index (χ4n) is 3.92. The second-order valence-electron chi connectivity index (χ2n) is 8.00. The zero-order valence-electron chi connectivity index (χ0n) is 17.5. The monoisotopic (exact) mass is 483 g/mol. The lowest BCUT2D eigenvalue weighted by molar-refractivity contribution is -0.118. The Hall–Kier alpha value is -1.84. The van der Waals surface area contributed by atoms with Crippen molar-refractivity contribution in [3.8, 4) is 0 Å². The van der Waals surface area contributed by atoms with E-state index in [0.717, 1.165) is 31.9 Å². The molecule has 0 bridgehead atoms. The van der Waals surface area contributed by atoms with Gasteiger partial charge in [-0.1, -0.05) is 43.4 Å². The van der Waals surface area contributed by atoms with Gasteiger partial charge in [0.05, 0.1) is 39.7 Å². The number of hydrogen-bond donors (Lipinski definition) is 1. The molecule has 2 aromatic rings. The minimum absolute atomic E-state index is 0.0488. The average Bonchev–Trinajstić information content (AvgIpc) is 3.19. The van der Waals surface area contributed by atoms with E-state index in [1.165, 1.54) is 18.5 Å². The molecule has 0 saturated heterocycles. The normalized spacial score (nSPS) is 16.7. The van der Waals surface area contributed by atoms with E-state index < -0.39 is 26.6 Å². The van der Waals surface area contributed by atoms with Crippen LogP contribution in [0.4, 0.5) is 5.82 Å². The molecule has 1 amide bonds. The third-order valence-corrected chi connectivity index (χ3v) is 7.71. The quantitative estimate of drug-likeness (QED) is 0.613. The standard InChI is InChI=1S/C21H26ClN3O4S2/c1-30(27)13-16-11-24-20(12-23-16)25-21(26)17(9-14-5-3-4-6-14)15-7-8-19(18(22)10-15)31(2,28)29/h7-8,10-12,14,17H,3-6,9,13H2,1-2H3,(H,24,25,26)/t17-,30?/m1/s1. The third kappa shape index (κ3) is 6.57. The summed E-state index contributed by atoms with van der Waals surface area (Å²) in [6.45, 7) is 0. The van der Waals surface area contributed by atoms with Gasteiger partial charge in [-0.05, 0) is 30.0 Å². The maximum atomic E-state index is 13.2. The third-order valence-electron chi connectivity index (χ3n) is 5.43. The molecule has 1 aliphatic carbocycles. The molecule has 3 rings (SSSR count). The fourth-order valence-corrected chi connectivity index (χ4v) is 5.83. The first-order valence-corrected chi connectivity index (χ1v) is 14.0. The van der Waals surface area contributed by atoms with Gasteiger partial charge in [-0.2, -0.15) is 0 Å². The Kier molecular flexibility index (Phi) is 7.82. The van der Waals surface area contributed by atoms with Crippen molar-refractivity contribution < 1.29 is 17.4 Å². The van der Waals surface area contributed by atoms with Crippen molar-refractivity contribution in [2.45, 2.75) is 48.7 Å². The summed E-state index contributed by atoms with van der Waals surface area (Å²) >= 11 is 6.24. The summed E-state index contributed by atoms with van der Waals surface area (Å²) in [5.41, 5.74) is 1.26. The molecule has 1 saturated carbocycles. The first-order chi connectivity index (χ1) is 14.6. The highest BCUT2D eigenvalue weighted by Crippen LogP contribution is 2.36. The molecule has 168 valence electrons. The van der Waals surface area contributed by atoms with Crippen molar-refractivity contribution in [3.05, 3.63) is 46.9 Å². The Morgan fingerprint density at radius 2 is 1.97 bits per heavy atom. The number of nitrogens with zero attached hydrogens (tertiary/aromatic N) is 2. The number of halogens is 1. The molecule has 1 fully saturated rings. The molecule has 10 heteroatoms. The SMILES string of the molecule is CS(=O)Cc1cnc(NC(=O)[C@H](CC2CCCC2)c2ccc(S(C)(=O)=O)c(Cl)c2)cn1. The van der Waals surface area contributed by atoms with E-state index in [2.05, 4.69) is 15.3 Å². The van der Waals surface area contributed by atoms with Gasteiger partial charge in [0, 0.05) is 23.3 Å². The lowest BCUT2D eigenvalue weighted by Crippen LogP contribution is -2.24. The largest absolute Gasteiger partial charge is 0.309 e. The van der Waals surface area contributed by atoms with E-state index in [-0.39, 0.29) is 15.8 Å². The van der Waals surface area contributed by atoms with E-state index in [1.807, 2.05) is 0 Å². The van der Waals surface area contributed by atoms with Crippen LogP contribution in [0.25, 0.3) is 0 Å². The Balaban J connectivity index is 1.83. The highest BCUT2D eigenvalue weighted by atomic mass is 35.5. The summed E-state index contributed by atoms with van der Waals surface area (Å²) in [6.07, 6.45) is 10.7. The molecule has 1 unspecified atom stereocenters. The molecular weight excluding hydrogens is 458 g/mol. The first-order valence-electron chi connectivity index (χ1n) is 10.0. The van der Waals surface area contributed by atoms with Crippen molar-refractivity contribution in [1.29, 1.82) is 0 Å². The summed E-state index contributed by atoms with van der Waals surface area (Å²) in [5, 5.41) is 2.92. The van der Waals surface area contributed by atoms with Crippen molar-refractivity contribution in [3.63, 3.8) is 0 Å². The molecule has 2 atom stereocenters. The van der Waals surface area contributed by atoms with Crippen LogP contribution in [-0.4, -0.2) is 41.0 Å². The molecule has 1 aromatic heterocycles. The van der Waals surface area contributed by atoms with E-state index in [4.69, 9.17) is 11.6 Å². The number of carbonyl (C=O) groups excluding carboxylic acids is 1. The van der Waals surface area contributed by atoms with E-state index in [1.54, 1.807) is 18.4 Å². The summed E-state index contributed by atoms with van der Waals surface area (Å²) in [4.78, 5) is 21.6. The fraction of sp³-hybridized carbons (Fsp3) is 0.476. The van der Waals surface area contributed by atoms with Gasteiger partial charge in [0.2, 0.25) is 5.91 Å². The number of amides is 1. The van der Waals surface area contributed by atoms with E-state index in [0.29, 0.717) is 35.2 Å². The lowest BCUT2D eigenvalue weighted by atomic mass is 9.87. The number of nitrogens with one attached hydrogen (secondary N) is 1. The lowest BCUT2D eigenvalue weighted by Gasteiger charge is -2.21. The second-order valence-corrected chi connectivity index (χ2v) is 11.8. The summed E-state index contributed by atoms with van der Waals surface area (Å²) in [7, 11) is -4.48. The molecule has 0 spiro atoms. The van der Waals surface area contributed by atoms with Crippen LogP contribution in [0.1, 0.15) is 49.3 Å². The summed E-state index contributed by atoms with van der Waals surface area (Å²) < 4.78 is 35.1. The molecule has 1 heterocycles. The number of aromatic nitrogens is 2. The van der Waals surface area contributed by atoms with Gasteiger partial charge in [-0.25, -0.2) is 13.4 Å². The zero-order chi connectivity index (χ0) is 22.6. The molecule has 31 heavy (non-hydrogen) atoms. The van der Waals surface area contributed by atoms with Crippen LogP contribution >= 0.6 is 11.6 Å². The summed E-state index contributed by atoms with van der Waals surface area (Å²) in [6, 6.07) is 4.69. The molecule has 1 N–H and O–H groups in total. The number of anilines is 1. The van der Waals surface area contributed by atoms with Crippen LogP contribution < -0.4 is 5.32 Å². The number of rotatable bonds is 8. The highest BCUT2D eigenvalue weighted by Gasteiger charge is 2.28. The van der Waals surface area contributed by atoms with Gasteiger partial charge in [0.25, 0.3) is 0 Å². The van der Waals surface area contributed by atoms with Gasteiger partial charge in [-0.3, -0.25) is 14.0 Å². The van der Waals surface area contributed by atoms with Crippen molar-refractivity contribution in [2.24, 2.45) is 5.92 Å². The minimum atomic E-state index is -3.45. The Bertz CT molecular complexity index is 1070. The Morgan fingerprint density at radius 3 is 2.52 bits per heavy atom. The maximum absolute atomic E-state index is 13.2. The molecular formula is C21H26ClN3O4S2. The Labute approximate surface area is 190 Å². The van der Waals surface area contributed by atoms with Gasteiger partial charge >= 0.3 is 0 Å². The minimum Gasteiger partial charge on any atom is -0.309 e. The zero-order valence-corrected chi connectivity index (χ0v) is 19.9. The van der Waals surface area contributed by atoms with E-state index in [9.17, 15) is 17.4 Å². The van der Waals surface area contributed by atoms with Gasteiger partial charge < -0.3 is 5.32 Å². The molecule has 0 aliphatic heterocycles. The van der Waals surface area contributed by atoms with Gasteiger partial charge in [0.1, 0.15) is 0 Å². The van der Waals surface area contributed by atoms with Gasteiger partial charge in [-0.15, -0.1) is 0 Å². The Morgan fingerprint density at radius 1 is 1.26 bits per heavy atom. The van der Waals surface area contributed by atoms with Crippen LogP contribution in [0.5, 0.6) is 0 Å². The van der Waals surface area contributed by atoms with Crippen LogP contribution in [0.3, 0.4) is 0 Å². The number of carbonyl (C=O) groups is 1. The second kappa shape index (κ2) is 10.2. The number of sulfone groups is 1. The van der Waals surface area contributed by atoms with Crippen LogP contribution in [0.2, 0.25) is 5.02 Å². The average molecular weight is 484 g/mol. The predicted molar refractivity (Wildman–Crippen MR) is 122 cm³/mol. The number of benzene rings is 1. The maximum Gasteiger partial charge on any atom is 0.233 e. The first kappa shape index (κ1) is 23.8. The van der Waals surface area contributed by atoms with E-state index >= 15 is 0 Å². The van der Waals surface area contributed by atoms with Crippen molar-refractivity contribution in [2.75, 3.05) is 17.8 Å². The number of hydrogen-bond acceptors (Lipinski definition) is 6. The summed E-state index contributed by atoms with van der Waals surface area (Å²) in [5.74, 6) is 0.314. The van der Waals surface area contributed by atoms with Gasteiger partial charge in [0.15, 0.2) is 15.7 Å².